The molecule has 3 rings (SSSR count). The van der Waals surface area contributed by atoms with Crippen LogP contribution in [-0.2, 0) is 25.8 Å². The minimum Gasteiger partial charge on any atom is -0.347 e. The minimum atomic E-state index is -0.559. The first-order valence-electron chi connectivity index (χ1n) is 8.09. The van der Waals surface area contributed by atoms with Crippen LogP contribution in [0.2, 0.25) is 0 Å². The Morgan fingerprint density at radius 3 is 2.81 bits per heavy atom. The molecule has 1 aliphatic heterocycles. The molecule has 0 radical (unpaired) electrons. The molecule has 1 unspecified atom stereocenters. The number of carbonyl (C=O) groups excluding carboxylic acids is 3. The molecule has 3 amide bonds. The van der Waals surface area contributed by atoms with Crippen LogP contribution in [0.4, 0.5) is 5.82 Å². The lowest BCUT2D eigenvalue weighted by Crippen LogP contribution is -2.40. The van der Waals surface area contributed by atoms with Crippen molar-refractivity contribution in [3.05, 3.63) is 36.4 Å². The van der Waals surface area contributed by atoms with Crippen molar-refractivity contribution >= 4 is 23.5 Å². The van der Waals surface area contributed by atoms with E-state index in [1.165, 1.54) is 7.11 Å². The maximum absolute atomic E-state index is 12.2. The van der Waals surface area contributed by atoms with Crippen LogP contribution in [0.25, 0.3) is 11.3 Å². The summed E-state index contributed by atoms with van der Waals surface area (Å²) >= 11 is 0. The fourth-order valence-corrected chi connectivity index (χ4v) is 2.71. The van der Waals surface area contributed by atoms with Crippen LogP contribution in [0.1, 0.15) is 6.42 Å². The zero-order valence-corrected chi connectivity index (χ0v) is 14.2. The van der Waals surface area contributed by atoms with Gasteiger partial charge in [-0.2, -0.15) is 5.10 Å². The van der Waals surface area contributed by atoms with Gasteiger partial charge in [-0.1, -0.05) is 30.3 Å². The second kappa shape index (κ2) is 7.79. The van der Waals surface area contributed by atoms with E-state index < -0.39 is 17.7 Å². The predicted octanol–water partition coefficient (Wildman–Crippen LogP) is 0.302. The highest BCUT2D eigenvalue weighted by Crippen LogP contribution is 2.26. The first kappa shape index (κ1) is 17.6. The van der Waals surface area contributed by atoms with Gasteiger partial charge >= 0.3 is 0 Å². The summed E-state index contributed by atoms with van der Waals surface area (Å²) in [7, 11) is 1.30. The molecule has 0 aliphatic carbocycles. The SMILES string of the molecule is CONC(=O)CNC(=O)CC1Cn2nc(-c3ccccc3)cc2NC1=O. The Morgan fingerprint density at radius 2 is 2.08 bits per heavy atom. The molecule has 0 spiro atoms. The first-order valence-corrected chi connectivity index (χ1v) is 8.09. The number of anilines is 1. The van der Waals surface area contributed by atoms with Gasteiger partial charge in [-0.25, -0.2) is 10.2 Å². The van der Waals surface area contributed by atoms with Crippen molar-refractivity contribution in [2.45, 2.75) is 13.0 Å². The molecule has 9 nitrogen and oxygen atoms in total. The number of hydroxylamine groups is 1. The molecule has 3 N–H and O–H groups in total. The standard InChI is InChI=1S/C17H19N5O4/c1-26-21-16(24)9-18-15(23)7-12-10-22-14(19-17(12)25)8-13(20-22)11-5-3-2-4-6-11/h2-6,8,12H,7,9-10H2,1H3,(H,18,23)(H,19,25)(H,21,24). The third-order valence-corrected chi connectivity index (χ3v) is 3.96. The van der Waals surface area contributed by atoms with E-state index in [0.29, 0.717) is 12.4 Å². The summed E-state index contributed by atoms with van der Waals surface area (Å²) in [6.07, 6.45) is -0.0356. The molecule has 0 saturated heterocycles. The zero-order valence-electron chi connectivity index (χ0n) is 14.2. The van der Waals surface area contributed by atoms with Gasteiger partial charge < -0.3 is 10.6 Å². The molecule has 2 aromatic rings. The highest BCUT2D eigenvalue weighted by atomic mass is 16.6. The number of hydrogen-bond acceptors (Lipinski definition) is 5. The lowest BCUT2D eigenvalue weighted by Gasteiger charge is -2.22. The third-order valence-electron chi connectivity index (χ3n) is 3.96. The van der Waals surface area contributed by atoms with Gasteiger partial charge in [0.15, 0.2) is 0 Å². The highest BCUT2D eigenvalue weighted by Gasteiger charge is 2.29. The summed E-state index contributed by atoms with van der Waals surface area (Å²) in [5.41, 5.74) is 3.80. The van der Waals surface area contributed by atoms with Crippen molar-refractivity contribution in [2.24, 2.45) is 5.92 Å². The van der Waals surface area contributed by atoms with Crippen LogP contribution in [0.3, 0.4) is 0 Å². The summed E-state index contributed by atoms with van der Waals surface area (Å²) in [4.78, 5) is 39.9. The van der Waals surface area contributed by atoms with Gasteiger partial charge in [0.25, 0.3) is 5.91 Å². The number of carbonyl (C=O) groups is 3. The molecule has 0 bridgehead atoms. The van der Waals surface area contributed by atoms with E-state index in [1.54, 1.807) is 10.7 Å². The number of nitrogens with one attached hydrogen (secondary N) is 3. The quantitative estimate of drug-likeness (QED) is 0.644. The fourth-order valence-electron chi connectivity index (χ4n) is 2.71. The number of nitrogens with zero attached hydrogens (tertiary/aromatic N) is 2. The monoisotopic (exact) mass is 357 g/mol. The number of rotatable bonds is 6. The molecule has 1 aromatic heterocycles. The fraction of sp³-hybridized carbons (Fsp3) is 0.294. The molecule has 9 heteroatoms. The zero-order chi connectivity index (χ0) is 18.5. The first-order chi connectivity index (χ1) is 12.6. The molecular formula is C17H19N5O4. The Hall–Kier alpha value is -3.20. The molecule has 0 saturated carbocycles. The Bertz CT molecular complexity index is 818. The molecule has 26 heavy (non-hydrogen) atoms. The van der Waals surface area contributed by atoms with Crippen molar-refractivity contribution < 1.29 is 19.2 Å². The molecular weight excluding hydrogens is 338 g/mol. The van der Waals surface area contributed by atoms with E-state index in [2.05, 4.69) is 26.0 Å². The van der Waals surface area contributed by atoms with Gasteiger partial charge in [0.1, 0.15) is 5.82 Å². The summed E-state index contributed by atoms with van der Waals surface area (Å²) in [6.45, 7) is 0.0812. The van der Waals surface area contributed by atoms with Crippen LogP contribution < -0.4 is 16.1 Å². The molecule has 2 heterocycles. The van der Waals surface area contributed by atoms with Crippen LogP contribution in [0.15, 0.2) is 36.4 Å². The van der Waals surface area contributed by atoms with E-state index in [-0.39, 0.29) is 18.9 Å². The Kier molecular flexibility index (Phi) is 5.28. The summed E-state index contributed by atoms with van der Waals surface area (Å²) in [5.74, 6) is -1.07. The normalized spacial score (nSPS) is 15.7. The van der Waals surface area contributed by atoms with E-state index in [4.69, 9.17) is 0 Å². The van der Waals surface area contributed by atoms with E-state index in [1.807, 2.05) is 30.3 Å². The van der Waals surface area contributed by atoms with Gasteiger partial charge in [0.2, 0.25) is 11.8 Å². The lowest BCUT2D eigenvalue weighted by molar-refractivity contribution is -0.133. The van der Waals surface area contributed by atoms with Crippen LogP contribution in [0, 0.1) is 5.92 Å². The molecule has 0 fully saturated rings. The third kappa shape index (κ3) is 4.06. The maximum atomic E-state index is 12.2. The van der Waals surface area contributed by atoms with Crippen molar-refractivity contribution in [1.82, 2.24) is 20.6 Å². The second-order valence-corrected chi connectivity index (χ2v) is 5.86. The van der Waals surface area contributed by atoms with Gasteiger partial charge in [0.05, 0.1) is 31.8 Å². The van der Waals surface area contributed by atoms with Crippen molar-refractivity contribution in [3.8, 4) is 11.3 Å². The minimum absolute atomic E-state index is 0.0356. The largest absolute Gasteiger partial charge is 0.347 e. The number of hydrogen-bond donors (Lipinski definition) is 3. The number of aromatic nitrogens is 2. The average molecular weight is 357 g/mol. The number of amides is 3. The number of benzene rings is 1. The summed E-state index contributed by atoms with van der Waals surface area (Å²) in [6, 6.07) is 11.4. The van der Waals surface area contributed by atoms with Crippen LogP contribution in [-0.4, -0.2) is 41.2 Å². The maximum Gasteiger partial charge on any atom is 0.262 e. The summed E-state index contributed by atoms with van der Waals surface area (Å²) < 4.78 is 1.68. The molecule has 1 aromatic carbocycles. The topological polar surface area (TPSA) is 114 Å². The van der Waals surface area contributed by atoms with Crippen LogP contribution in [0.5, 0.6) is 0 Å². The summed E-state index contributed by atoms with van der Waals surface area (Å²) in [5, 5.41) is 9.72. The van der Waals surface area contributed by atoms with Crippen molar-refractivity contribution in [3.63, 3.8) is 0 Å². The Labute approximate surface area is 149 Å². The Morgan fingerprint density at radius 1 is 1.31 bits per heavy atom. The Balaban J connectivity index is 1.62. The van der Waals surface area contributed by atoms with Gasteiger partial charge in [0, 0.05) is 18.1 Å². The van der Waals surface area contributed by atoms with E-state index in [0.717, 1.165) is 11.3 Å². The smallest absolute Gasteiger partial charge is 0.262 e. The average Bonchev–Trinajstić information content (AvgIpc) is 3.04. The van der Waals surface area contributed by atoms with Crippen LogP contribution >= 0.6 is 0 Å². The van der Waals surface area contributed by atoms with E-state index in [9.17, 15) is 14.4 Å². The lowest BCUT2D eigenvalue weighted by atomic mass is 10.0. The van der Waals surface area contributed by atoms with Crippen molar-refractivity contribution in [2.75, 3.05) is 19.0 Å². The molecule has 1 atom stereocenters. The van der Waals surface area contributed by atoms with E-state index >= 15 is 0 Å². The van der Waals surface area contributed by atoms with Gasteiger partial charge in [-0.3, -0.25) is 19.2 Å². The predicted molar refractivity (Wildman–Crippen MR) is 92.6 cm³/mol. The van der Waals surface area contributed by atoms with Gasteiger partial charge in [-0.15, -0.1) is 0 Å². The van der Waals surface area contributed by atoms with Gasteiger partial charge in [-0.05, 0) is 0 Å². The second-order valence-electron chi connectivity index (χ2n) is 5.86. The molecule has 1 aliphatic rings. The van der Waals surface area contributed by atoms with Crippen molar-refractivity contribution in [1.29, 1.82) is 0 Å². The molecule has 136 valence electrons. The highest BCUT2D eigenvalue weighted by molar-refractivity contribution is 5.96. The number of fused-ring (bicyclic) bond motifs is 1.